The van der Waals surface area contributed by atoms with Gasteiger partial charge in [-0.25, -0.2) is 4.99 Å². The first kappa shape index (κ1) is 21.5. The summed E-state index contributed by atoms with van der Waals surface area (Å²) in [6.45, 7) is 5.21. The highest BCUT2D eigenvalue weighted by Crippen LogP contribution is 2.17. The van der Waals surface area contributed by atoms with Crippen LogP contribution in [0.3, 0.4) is 0 Å². The van der Waals surface area contributed by atoms with Crippen LogP contribution in [0.15, 0.2) is 29.3 Å². The number of nitrogens with zero attached hydrogens (tertiary/aromatic N) is 4. The lowest BCUT2D eigenvalue weighted by molar-refractivity contribution is 0.409. The molecule has 0 unspecified atom stereocenters. The fourth-order valence-electron chi connectivity index (χ4n) is 3.20. The Morgan fingerprint density at radius 2 is 2.07 bits per heavy atom. The standard InChI is InChI=1S/C19H28N6O.HI/c1-3-20-19(21-12-11-15-8-4-5-9-16(15)26-2)22-14-18-24-23-17-10-6-7-13-25(17)18;/h4-5,8-9H,3,6-7,10-14H2,1-2H3,(H2,20,21,22);1H. The molecule has 2 aromatic rings. The zero-order chi connectivity index (χ0) is 18.2. The Kier molecular flexibility index (Phi) is 8.83. The Balaban J connectivity index is 0.00000261. The maximum Gasteiger partial charge on any atom is 0.191 e. The third-order valence-corrected chi connectivity index (χ3v) is 4.54. The van der Waals surface area contributed by atoms with Gasteiger partial charge in [0.1, 0.15) is 18.1 Å². The normalized spacial score (nSPS) is 13.5. The van der Waals surface area contributed by atoms with Gasteiger partial charge in [-0.15, -0.1) is 34.2 Å². The molecule has 2 N–H and O–H groups in total. The molecule has 1 aliphatic rings. The van der Waals surface area contributed by atoms with Crippen molar-refractivity contribution in [3.63, 3.8) is 0 Å². The number of rotatable bonds is 7. The van der Waals surface area contributed by atoms with Crippen molar-refractivity contribution in [2.24, 2.45) is 4.99 Å². The predicted octanol–water partition coefficient (Wildman–Crippen LogP) is 2.54. The first-order valence-corrected chi connectivity index (χ1v) is 9.37. The van der Waals surface area contributed by atoms with Gasteiger partial charge in [-0.3, -0.25) is 0 Å². The summed E-state index contributed by atoms with van der Waals surface area (Å²) < 4.78 is 7.62. The van der Waals surface area contributed by atoms with E-state index >= 15 is 0 Å². The Bertz CT molecular complexity index is 746. The monoisotopic (exact) mass is 484 g/mol. The average Bonchev–Trinajstić information content (AvgIpc) is 3.09. The van der Waals surface area contributed by atoms with Gasteiger partial charge in [-0.1, -0.05) is 18.2 Å². The van der Waals surface area contributed by atoms with Gasteiger partial charge in [0.05, 0.1) is 7.11 Å². The van der Waals surface area contributed by atoms with E-state index < -0.39 is 0 Å². The van der Waals surface area contributed by atoms with Crippen LogP contribution in [-0.4, -0.2) is 40.9 Å². The van der Waals surface area contributed by atoms with E-state index in [4.69, 9.17) is 4.74 Å². The third kappa shape index (κ3) is 5.82. The summed E-state index contributed by atoms with van der Waals surface area (Å²) in [5, 5.41) is 15.3. The number of aromatic nitrogens is 3. The van der Waals surface area contributed by atoms with Crippen LogP contribution in [0.5, 0.6) is 5.75 Å². The minimum Gasteiger partial charge on any atom is -0.496 e. The molecule has 0 atom stereocenters. The number of hydrogen-bond donors (Lipinski definition) is 2. The summed E-state index contributed by atoms with van der Waals surface area (Å²) in [5.74, 6) is 3.76. The second-order valence-electron chi connectivity index (χ2n) is 6.32. The first-order chi connectivity index (χ1) is 12.8. The second-order valence-corrected chi connectivity index (χ2v) is 6.32. The zero-order valence-corrected chi connectivity index (χ0v) is 18.4. The van der Waals surface area contributed by atoms with Gasteiger partial charge >= 0.3 is 0 Å². The molecule has 0 saturated carbocycles. The number of nitrogens with one attached hydrogen (secondary N) is 2. The van der Waals surface area contributed by atoms with Crippen LogP contribution in [0.1, 0.15) is 37.0 Å². The van der Waals surface area contributed by atoms with Crippen LogP contribution in [0, 0.1) is 0 Å². The molecule has 148 valence electrons. The highest BCUT2D eigenvalue weighted by molar-refractivity contribution is 14.0. The van der Waals surface area contributed by atoms with E-state index in [1.165, 1.54) is 18.4 Å². The van der Waals surface area contributed by atoms with Crippen LogP contribution in [0.25, 0.3) is 0 Å². The highest BCUT2D eigenvalue weighted by Gasteiger charge is 2.15. The molecule has 0 aliphatic carbocycles. The Hall–Kier alpha value is -1.84. The molecule has 0 bridgehead atoms. The largest absolute Gasteiger partial charge is 0.496 e. The van der Waals surface area contributed by atoms with Crippen molar-refractivity contribution in [3.8, 4) is 5.75 Å². The van der Waals surface area contributed by atoms with Crippen LogP contribution < -0.4 is 15.4 Å². The van der Waals surface area contributed by atoms with Gasteiger partial charge in [0.25, 0.3) is 0 Å². The van der Waals surface area contributed by atoms with E-state index in [0.29, 0.717) is 6.54 Å². The molecular weight excluding hydrogens is 455 g/mol. The molecule has 0 fully saturated rings. The van der Waals surface area contributed by atoms with E-state index in [1.807, 2.05) is 18.2 Å². The minimum absolute atomic E-state index is 0. The number of para-hydroxylation sites is 1. The summed E-state index contributed by atoms with van der Waals surface area (Å²) in [4.78, 5) is 4.68. The fourth-order valence-corrected chi connectivity index (χ4v) is 3.20. The number of aliphatic imine (C=N–C) groups is 1. The molecule has 0 saturated heterocycles. The number of hydrogen-bond acceptors (Lipinski definition) is 4. The van der Waals surface area contributed by atoms with Gasteiger partial charge in [0, 0.05) is 26.1 Å². The van der Waals surface area contributed by atoms with Gasteiger partial charge in [0.15, 0.2) is 11.8 Å². The number of fused-ring (bicyclic) bond motifs is 1. The molecule has 0 spiro atoms. The fraction of sp³-hybridized carbons (Fsp3) is 0.526. The SMILES string of the molecule is CCNC(=NCc1nnc2n1CCCC2)NCCc1ccccc1OC.I. The molecule has 1 aromatic carbocycles. The predicted molar refractivity (Wildman–Crippen MR) is 118 cm³/mol. The quantitative estimate of drug-likeness (QED) is 0.359. The lowest BCUT2D eigenvalue weighted by atomic mass is 10.1. The summed E-state index contributed by atoms with van der Waals surface area (Å²) in [6.07, 6.45) is 4.29. The van der Waals surface area contributed by atoms with Crippen molar-refractivity contribution >= 4 is 29.9 Å². The maximum absolute atomic E-state index is 5.41. The van der Waals surface area contributed by atoms with Crippen LogP contribution in [0.4, 0.5) is 0 Å². The molecule has 0 amide bonds. The van der Waals surface area contributed by atoms with Gasteiger partial charge in [-0.05, 0) is 37.8 Å². The first-order valence-electron chi connectivity index (χ1n) is 9.37. The Morgan fingerprint density at radius 3 is 2.89 bits per heavy atom. The second kappa shape index (κ2) is 11.1. The van der Waals surface area contributed by atoms with Gasteiger partial charge in [0.2, 0.25) is 0 Å². The van der Waals surface area contributed by atoms with Crippen molar-refractivity contribution in [3.05, 3.63) is 41.5 Å². The van der Waals surface area contributed by atoms with Crippen molar-refractivity contribution in [2.45, 2.75) is 45.7 Å². The number of ether oxygens (including phenoxy) is 1. The lowest BCUT2D eigenvalue weighted by Gasteiger charge is -2.15. The molecule has 3 rings (SSSR count). The summed E-state index contributed by atoms with van der Waals surface area (Å²) in [6, 6.07) is 8.10. The van der Waals surface area contributed by atoms with Crippen molar-refractivity contribution in [2.75, 3.05) is 20.2 Å². The van der Waals surface area contributed by atoms with Crippen LogP contribution >= 0.6 is 24.0 Å². The van der Waals surface area contributed by atoms with E-state index in [-0.39, 0.29) is 24.0 Å². The van der Waals surface area contributed by atoms with E-state index in [0.717, 1.165) is 55.8 Å². The van der Waals surface area contributed by atoms with Crippen molar-refractivity contribution in [1.29, 1.82) is 0 Å². The zero-order valence-electron chi connectivity index (χ0n) is 16.1. The Morgan fingerprint density at radius 1 is 1.22 bits per heavy atom. The van der Waals surface area contributed by atoms with Crippen LogP contribution in [0.2, 0.25) is 0 Å². The van der Waals surface area contributed by atoms with E-state index in [2.05, 4.69) is 43.4 Å². The minimum atomic E-state index is 0. The maximum atomic E-state index is 5.41. The van der Waals surface area contributed by atoms with Gasteiger partial charge < -0.3 is 19.9 Å². The molecule has 0 radical (unpaired) electrons. The third-order valence-electron chi connectivity index (χ3n) is 4.54. The number of aryl methyl sites for hydroxylation is 1. The molecule has 1 aromatic heterocycles. The number of halogens is 1. The summed E-state index contributed by atoms with van der Waals surface area (Å²) >= 11 is 0. The number of methoxy groups -OCH3 is 1. The molecular formula is C19H29IN6O. The van der Waals surface area contributed by atoms with Crippen molar-refractivity contribution < 1.29 is 4.74 Å². The highest BCUT2D eigenvalue weighted by atomic mass is 127. The summed E-state index contributed by atoms with van der Waals surface area (Å²) in [5.41, 5.74) is 1.19. The molecule has 7 nitrogen and oxygen atoms in total. The van der Waals surface area contributed by atoms with E-state index in [9.17, 15) is 0 Å². The van der Waals surface area contributed by atoms with E-state index in [1.54, 1.807) is 7.11 Å². The average molecular weight is 484 g/mol. The number of benzene rings is 1. The molecule has 1 aliphatic heterocycles. The molecule has 2 heterocycles. The molecule has 8 heteroatoms. The molecule has 27 heavy (non-hydrogen) atoms. The smallest absolute Gasteiger partial charge is 0.191 e. The lowest BCUT2D eigenvalue weighted by Crippen LogP contribution is -2.38. The summed E-state index contributed by atoms with van der Waals surface area (Å²) in [7, 11) is 1.71. The van der Waals surface area contributed by atoms with Crippen LogP contribution in [-0.2, 0) is 25.9 Å². The number of guanidine groups is 1. The van der Waals surface area contributed by atoms with Gasteiger partial charge in [-0.2, -0.15) is 0 Å². The topological polar surface area (TPSA) is 76.4 Å². The van der Waals surface area contributed by atoms with Crippen molar-refractivity contribution in [1.82, 2.24) is 25.4 Å². The Labute approximate surface area is 178 Å².